The zero-order valence-electron chi connectivity index (χ0n) is 16.1. The third-order valence-corrected chi connectivity index (χ3v) is 5.20. The van der Waals surface area contributed by atoms with Crippen molar-refractivity contribution in [3.8, 4) is 33.9 Å². The second-order valence-corrected chi connectivity index (χ2v) is 7.46. The van der Waals surface area contributed by atoms with Gasteiger partial charge in [0.25, 0.3) is 0 Å². The van der Waals surface area contributed by atoms with Gasteiger partial charge in [0.1, 0.15) is 11.5 Å². The van der Waals surface area contributed by atoms with Gasteiger partial charge in [-0.2, -0.15) is 0 Å². The number of hydrogen-bond donors (Lipinski definition) is 0. The Balaban J connectivity index is 1.63. The molecule has 1 heterocycles. The summed E-state index contributed by atoms with van der Waals surface area (Å²) in [5.74, 6) is 1.58. The van der Waals surface area contributed by atoms with Crippen molar-refractivity contribution in [3.63, 3.8) is 0 Å². The van der Waals surface area contributed by atoms with Crippen LogP contribution in [0.5, 0.6) is 11.5 Å². The second kappa shape index (κ2) is 8.02. The first-order chi connectivity index (χ1) is 14.8. The molecule has 0 atom stereocenters. The molecule has 4 aromatic carbocycles. The van der Waals surface area contributed by atoms with Crippen LogP contribution in [0.4, 0.5) is 0 Å². The van der Waals surface area contributed by atoms with E-state index in [2.05, 4.69) is 24.3 Å². The van der Waals surface area contributed by atoms with E-state index in [9.17, 15) is 0 Å². The van der Waals surface area contributed by atoms with E-state index in [1.807, 2.05) is 84.9 Å². The van der Waals surface area contributed by atoms with E-state index in [0.717, 1.165) is 44.8 Å². The van der Waals surface area contributed by atoms with Crippen LogP contribution in [0, 0.1) is 0 Å². The Bertz CT molecular complexity index is 1320. The monoisotopic (exact) mass is 407 g/mol. The van der Waals surface area contributed by atoms with Gasteiger partial charge in [-0.1, -0.05) is 72.3 Å². The molecule has 0 spiro atoms. The number of halogens is 1. The van der Waals surface area contributed by atoms with Gasteiger partial charge in [0.15, 0.2) is 0 Å². The van der Waals surface area contributed by atoms with E-state index in [-0.39, 0.29) is 0 Å². The molecule has 0 amide bonds. The fraction of sp³-hybridized carbons (Fsp3) is 0. The lowest BCUT2D eigenvalue weighted by Crippen LogP contribution is -1.91. The molecule has 0 aliphatic heterocycles. The van der Waals surface area contributed by atoms with Crippen molar-refractivity contribution in [1.29, 1.82) is 0 Å². The molecule has 0 aliphatic carbocycles. The summed E-state index contributed by atoms with van der Waals surface area (Å²) >= 11 is 6.29. The average molecular weight is 408 g/mol. The highest BCUT2D eigenvalue weighted by Gasteiger charge is 2.11. The normalized spacial score (nSPS) is 10.8. The molecule has 0 saturated heterocycles. The van der Waals surface area contributed by atoms with Crippen molar-refractivity contribution < 1.29 is 4.74 Å². The first-order valence-corrected chi connectivity index (χ1v) is 10.1. The molecule has 3 heteroatoms. The zero-order chi connectivity index (χ0) is 20.3. The molecule has 0 radical (unpaired) electrons. The van der Waals surface area contributed by atoms with Crippen LogP contribution in [0.15, 0.2) is 109 Å². The summed E-state index contributed by atoms with van der Waals surface area (Å²) in [6.45, 7) is 0. The van der Waals surface area contributed by atoms with E-state index in [0.29, 0.717) is 5.02 Å². The fourth-order valence-electron chi connectivity index (χ4n) is 3.55. The Hall–Kier alpha value is -3.62. The van der Waals surface area contributed by atoms with Gasteiger partial charge in [-0.05, 0) is 59.7 Å². The van der Waals surface area contributed by atoms with Gasteiger partial charge in [-0.15, -0.1) is 0 Å². The van der Waals surface area contributed by atoms with Crippen LogP contribution in [0.25, 0.3) is 33.3 Å². The lowest BCUT2D eigenvalue weighted by atomic mass is 9.98. The van der Waals surface area contributed by atoms with E-state index in [1.54, 1.807) is 0 Å². The molecule has 5 rings (SSSR count). The van der Waals surface area contributed by atoms with Gasteiger partial charge < -0.3 is 4.74 Å². The highest BCUT2D eigenvalue weighted by atomic mass is 35.5. The number of fused-ring (bicyclic) bond motifs is 1. The third-order valence-electron chi connectivity index (χ3n) is 4.96. The van der Waals surface area contributed by atoms with Gasteiger partial charge in [-0.3, -0.25) is 0 Å². The molecule has 0 N–H and O–H groups in total. The maximum absolute atomic E-state index is 6.29. The minimum Gasteiger partial charge on any atom is -0.457 e. The minimum atomic E-state index is 0.701. The Morgan fingerprint density at radius 3 is 2.10 bits per heavy atom. The maximum Gasteiger partial charge on any atom is 0.128 e. The number of benzene rings is 4. The van der Waals surface area contributed by atoms with Crippen molar-refractivity contribution >= 4 is 22.5 Å². The van der Waals surface area contributed by atoms with Crippen LogP contribution in [0.3, 0.4) is 0 Å². The van der Waals surface area contributed by atoms with Gasteiger partial charge in [0, 0.05) is 16.0 Å². The minimum absolute atomic E-state index is 0.701. The Kier molecular flexibility index (Phi) is 4.92. The summed E-state index contributed by atoms with van der Waals surface area (Å²) in [7, 11) is 0. The number of hydrogen-bond acceptors (Lipinski definition) is 2. The molecule has 0 aliphatic rings. The van der Waals surface area contributed by atoms with Gasteiger partial charge >= 0.3 is 0 Å². The molecule has 0 fully saturated rings. The van der Waals surface area contributed by atoms with Crippen molar-refractivity contribution in [1.82, 2.24) is 4.98 Å². The molecule has 5 aromatic rings. The smallest absolute Gasteiger partial charge is 0.128 e. The lowest BCUT2D eigenvalue weighted by Gasteiger charge is -2.12. The van der Waals surface area contributed by atoms with Crippen LogP contribution < -0.4 is 4.74 Å². The van der Waals surface area contributed by atoms with Gasteiger partial charge in [0.2, 0.25) is 0 Å². The summed E-state index contributed by atoms with van der Waals surface area (Å²) < 4.78 is 6.01. The third kappa shape index (κ3) is 3.78. The number of nitrogens with zero attached hydrogens (tertiary/aromatic N) is 1. The van der Waals surface area contributed by atoms with Crippen LogP contribution in [-0.4, -0.2) is 4.98 Å². The fourth-order valence-corrected chi connectivity index (χ4v) is 3.72. The van der Waals surface area contributed by atoms with Crippen LogP contribution in [0.2, 0.25) is 5.02 Å². The summed E-state index contributed by atoms with van der Waals surface area (Å²) in [5.41, 5.74) is 5.03. The predicted molar refractivity (Wildman–Crippen MR) is 124 cm³/mol. The quantitative estimate of drug-likeness (QED) is 0.301. The number of para-hydroxylation sites is 1. The maximum atomic E-state index is 6.29. The molecule has 0 saturated carbocycles. The van der Waals surface area contributed by atoms with Crippen molar-refractivity contribution in [2.75, 3.05) is 0 Å². The van der Waals surface area contributed by atoms with Crippen LogP contribution in [0.1, 0.15) is 0 Å². The molecular weight excluding hydrogens is 390 g/mol. The highest BCUT2D eigenvalue weighted by molar-refractivity contribution is 6.31. The lowest BCUT2D eigenvalue weighted by molar-refractivity contribution is 0.483. The number of pyridine rings is 1. The summed E-state index contributed by atoms with van der Waals surface area (Å²) in [5, 5.41) is 1.74. The summed E-state index contributed by atoms with van der Waals surface area (Å²) in [6, 6.07) is 36.1. The number of rotatable bonds is 4. The first-order valence-electron chi connectivity index (χ1n) is 9.75. The topological polar surface area (TPSA) is 22.1 Å². The van der Waals surface area contributed by atoms with Crippen LogP contribution in [-0.2, 0) is 0 Å². The molecule has 1 aromatic heterocycles. The molecule has 2 nitrogen and oxygen atoms in total. The summed E-state index contributed by atoms with van der Waals surface area (Å²) in [6.07, 6.45) is 0. The largest absolute Gasteiger partial charge is 0.457 e. The summed E-state index contributed by atoms with van der Waals surface area (Å²) in [4.78, 5) is 4.91. The molecule has 0 bridgehead atoms. The highest BCUT2D eigenvalue weighted by Crippen LogP contribution is 2.34. The van der Waals surface area contributed by atoms with Crippen molar-refractivity contribution in [2.45, 2.75) is 0 Å². The van der Waals surface area contributed by atoms with E-state index >= 15 is 0 Å². The first kappa shape index (κ1) is 18.4. The molecule has 30 heavy (non-hydrogen) atoms. The van der Waals surface area contributed by atoms with Crippen LogP contribution >= 0.6 is 11.6 Å². The van der Waals surface area contributed by atoms with Crippen molar-refractivity contribution in [2.24, 2.45) is 0 Å². The van der Waals surface area contributed by atoms with E-state index in [1.165, 1.54) is 0 Å². The van der Waals surface area contributed by atoms with Gasteiger partial charge in [-0.25, -0.2) is 4.98 Å². The zero-order valence-corrected chi connectivity index (χ0v) is 16.9. The average Bonchev–Trinajstić information content (AvgIpc) is 2.80. The second-order valence-electron chi connectivity index (χ2n) is 7.03. The SMILES string of the molecule is Clc1ccc2nc(-c3cccc(Oc4ccccc4)c3)cc(-c3ccccc3)c2c1. The van der Waals surface area contributed by atoms with Gasteiger partial charge in [0.05, 0.1) is 11.2 Å². The Morgan fingerprint density at radius 1 is 0.600 bits per heavy atom. The van der Waals surface area contributed by atoms with Crippen molar-refractivity contribution in [3.05, 3.63) is 114 Å². The molecular formula is C27H18ClNO. The Morgan fingerprint density at radius 2 is 1.30 bits per heavy atom. The Labute approximate surface area is 180 Å². The standard InChI is InChI=1S/C27H18ClNO/c28-21-14-15-26-25(17-21)24(19-8-3-1-4-9-19)18-27(29-26)20-10-7-13-23(16-20)30-22-11-5-2-6-12-22/h1-18H. The number of aromatic nitrogens is 1. The molecule has 0 unspecified atom stereocenters. The number of ether oxygens (including phenoxy) is 1. The molecule has 144 valence electrons. The predicted octanol–water partition coefficient (Wildman–Crippen LogP) is 8.01. The van der Waals surface area contributed by atoms with E-state index < -0.39 is 0 Å². The van der Waals surface area contributed by atoms with E-state index in [4.69, 9.17) is 21.3 Å².